The zero-order valence-corrected chi connectivity index (χ0v) is 11.1. The van der Waals surface area contributed by atoms with Gasteiger partial charge in [-0.1, -0.05) is 24.3 Å². The third kappa shape index (κ3) is 2.60. The van der Waals surface area contributed by atoms with Crippen LogP contribution in [0.1, 0.15) is 42.7 Å². The van der Waals surface area contributed by atoms with Crippen LogP contribution in [-0.4, -0.2) is 30.6 Å². The van der Waals surface area contributed by atoms with E-state index in [0.717, 1.165) is 25.0 Å². The first kappa shape index (κ1) is 12.2. The number of hydrogen-bond acceptors (Lipinski definition) is 2. The SMILES string of the molecule is NCCN(CC1CCCc2ccccc21)C1CC1. The Morgan fingerprint density at radius 2 is 2.00 bits per heavy atom. The van der Waals surface area contributed by atoms with E-state index in [-0.39, 0.29) is 0 Å². The second kappa shape index (κ2) is 5.41. The minimum Gasteiger partial charge on any atom is -0.329 e. The lowest BCUT2D eigenvalue weighted by molar-refractivity contribution is 0.244. The Bertz CT molecular complexity index is 398. The highest BCUT2D eigenvalue weighted by molar-refractivity contribution is 5.32. The Morgan fingerprint density at radius 1 is 1.17 bits per heavy atom. The van der Waals surface area contributed by atoms with Crippen molar-refractivity contribution in [2.45, 2.75) is 44.1 Å². The van der Waals surface area contributed by atoms with Crippen LogP contribution < -0.4 is 5.73 Å². The molecule has 98 valence electrons. The van der Waals surface area contributed by atoms with Gasteiger partial charge in [-0.05, 0) is 49.1 Å². The summed E-state index contributed by atoms with van der Waals surface area (Å²) in [5, 5.41) is 0. The zero-order chi connectivity index (χ0) is 12.4. The number of benzene rings is 1. The van der Waals surface area contributed by atoms with Crippen molar-refractivity contribution in [1.29, 1.82) is 0 Å². The maximum absolute atomic E-state index is 5.75. The molecule has 2 N–H and O–H groups in total. The van der Waals surface area contributed by atoms with E-state index in [2.05, 4.69) is 29.2 Å². The Balaban J connectivity index is 1.72. The van der Waals surface area contributed by atoms with Crippen LogP contribution in [-0.2, 0) is 6.42 Å². The third-order valence-electron chi connectivity index (χ3n) is 4.43. The lowest BCUT2D eigenvalue weighted by Gasteiger charge is -2.31. The van der Waals surface area contributed by atoms with Gasteiger partial charge in [-0.25, -0.2) is 0 Å². The van der Waals surface area contributed by atoms with Crippen molar-refractivity contribution < 1.29 is 0 Å². The lowest BCUT2D eigenvalue weighted by Crippen LogP contribution is -2.35. The topological polar surface area (TPSA) is 29.3 Å². The third-order valence-corrected chi connectivity index (χ3v) is 4.43. The summed E-state index contributed by atoms with van der Waals surface area (Å²) in [6.45, 7) is 3.09. The second-order valence-corrected chi connectivity index (χ2v) is 5.80. The van der Waals surface area contributed by atoms with Crippen molar-refractivity contribution in [2.24, 2.45) is 5.73 Å². The zero-order valence-electron chi connectivity index (χ0n) is 11.1. The average Bonchev–Trinajstić information content (AvgIpc) is 3.23. The van der Waals surface area contributed by atoms with E-state index in [0.29, 0.717) is 0 Å². The Labute approximate surface area is 110 Å². The maximum Gasteiger partial charge on any atom is 0.0108 e. The molecule has 1 unspecified atom stereocenters. The van der Waals surface area contributed by atoms with E-state index in [4.69, 9.17) is 5.73 Å². The number of nitrogens with zero attached hydrogens (tertiary/aromatic N) is 1. The van der Waals surface area contributed by atoms with E-state index in [1.165, 1.54) is 38.6 Å². The summed E-state index contributed by atoms with van der Waals surface area (Å²) in [5.41, 5.74) is 8.94. The summed E-state index contributed by atoms with van der Waals surface area (Å²) in [6, 6.07) is 9.86. The van der Waals surface area contributed by atoms with Crippen LogP contribution in [0.4, 0.5) is 0 Å². The normalized spacial score (nSPS) is 23.1. The monoisotopic (exact) mass is 244 g/mol. The van der Waals surface area contributed by atoms with E-state index >= 15 is 0 Å². The molecule has 0 spiro atoms. The van der Waals surface area contributed by atoms with Crippen molar-refractivity contribution in [3.8, 4) is 0 Å². The fraction of sp³-hybridized carbons (Fsp3) is 0.625. The van der Waals surface area contributed by atoms with Crippen LogP contribution in [0.25, 0.3) is 0 Å². The molecule has 1 fully saturated rings. The minimum absolute atomic E-state index is 0.738. The van der Waals surface area contributed by atoms with Crippen molar-refractivity contribution in [3.05, 3.63) is 35.4 Å². The molecule has 0 aliphatic heterocycles. The number of aryl methyl sites for hydroxylation is 1. The molecule has 18 heavy (non-hydrogen) atoms. The summed E-state index contributed by atoms with van der Waals surface area (Å²) in [4.78, 5) is 2.63. The highest BCUT2D eigenvalue weighted by Crippen LogP contribution is 2.35. The van der Waals surface area contributed by atoms with Crippen LogP contribution >= 0.6 is 0 Å². The van der Waals surface area contributed by atoms with Crippen molar-refractivity contribution in [2.75, 3.05) is 19.6 Å². The van der Waals surface area contributed by atoms with Gasteiger partial charge < -0.3 is 5.73 Å². The second-order valence-electron chi connectivity index (χ2n) is 5.80. The highest BCUT2D eigenvalue weighted by Gasteiger charge is 2.31. The van der Waals surface area contributed by atoms with Gasteiger partial charge in [0.15, 0.2) is 0 Å². The first-order chi connectivity index (χ1) is 8.88. The summed E-state index contributed by atoms with van der Waals surface area (Å²) in [5.74, 6) is 0.738. The van der Waals surface area contributed by atoms with Crippen LogP contribution in [0.2, 0.25) is 0 Å². The van der Waals surface area contributed by atoms with Gasteiger partial charge in [0.25, 0.3) is 0 Å². The molecule has 1 aromatic rings. The molecule has 0 aromatic heterocycles. The minimum atomic E-state index is 0.738. The predicted molar refractivity (Wildman–Crippen MR) is 75.8 cm³/mol. The molecule has 2 aliphatic rings. The predicted octanol–water partition coefficient (Wildman–Crippen LogP) is 2.53. The molecule has 0 bridgehead atoms. The van der Waals surface area contributed by atoms with Crippen molar-refractivity contribution >= 4 is 0 Å². The van der Waals surface area contributed by atoms with E-state index in [9.17, 15) is 0 Å². The van der Waals surface area contributed by atoms with Crippen LogP contribution in [0.3, 0.4) is 0 Å². The molecule has 3 rings (SSSR count). The summed E-state index contributed by atoms with van der Waals surface area (Å²) in [6.07, 6.45) is 6.74. The Hall–Kier alpha value is -0.860. The number of nitrogens with two attached hydrogens (primary N) is 1. The van der Waals surface area contributed by atoms with Crippen molar-refractivity contribution in [3.63, 3.8) is 0 Å². The van der Waals surface area contributed by atoms with E-state index in [1.54, 1.807) is 11.1 Å². The molecule has 0 saturated heterocycles. The molecule has 2 aliphatic carbocycles. The Kier molecular flexibility index (Phi) is 3.67. The van der Waals surface area contributed by atoms with Gasteiger partial charge >= 0.3 is 0 Å². The molecule has 0 amide bonds. The molecule has 0 radical (unpaired) electrons. The van der Waals surface area contributed by atoms with Gasteiger partial charge in [0, 0.05) is 25.7 Å². The summed E-state index contributed by atoms with van der Waals surface area (Å²) >= 11 is 0. The molecule has 2 heteroatoms. The Morgan fingerprint density at radius 3 is 2.78 bits per heavy atom. The molecule has 2 nitrogen and oxygen atoms in total. The fourth-order valence-electron chi connectivity index (χ4n) is 3.36. The molecular formula is C16H24N2. The summed E-state index contributed by atoms with van der Waals surface area (Å²) in [7, 11) is 0. The lowest BCUT2D eigenvalue weighted by atomic mass is 9.82. The van der Waals surface area contributed by atoms with Crippen LogP contribution in [0.15, 0.2) is 24.3 Å². The number of fused-ring (bicyclic) bond motifs is 1. The van der Waals surface area contributed by atoms with Crippen LogP contribution in [0.5, 0.6) is 0 Å². The molecule has 1 aromatic carbocycles. The standard InChI is InChI=1S/C16H24N2/c17-10-11-18(15-8-9-15)12-14-6-3-5-13-4-1-2-7-16(13)14/h1-2,4,7,14-15H,3,5-6,8-12,17H2. The average molecular weight is 244 g/mol. The fourth-order valence-corrected chi connectivity index (χ4v) is 3.36. The van der Waals surface area contributed by atoms with Gasteiger partial charge in [-0.2, -0.15) is 0 Å². The number of rotatable bonds is 5. The van der Waals surface area contributed by atoms with Gasteiger partial charge in [0.1, 0.15) is 0 Å². The van der Waals surface area contributed by atoms with E-state index < -0.39 is 0 Å². The first-order valence-electron chi connectivity index (χ1n) is 7.40. The first-order valence-corrected chi connectivity index (χ1v) is 7.40. The largest absolute Gasteiger partial charge is 0.329 e. The van der Waals surface area contributed by atoms with Crippen molar-refractivity contribution in [1.82, 2.24) is 4.90 Å². The number of hydrogen-bond donors (Lipinski definition) is 1. The quantitative estimate of drug-likeness (QED) is 0.862. The molecule has 1 saturated carbocycles. The smallest absolute Gasteiger partial charge is 0.0108 e. The van der Waals surface area contributed by atoms with E-state index in [1.807, 2.05) is 0 Å². The van der Waals surface area contributed by atoms with Crippen LogP contribution in [0, 0.1) is 0 Å². The summed E-state index contributed by atoms with van der Waals surface area (Å²) < 4.78 is 0. The van der Waals surface area contributed by atoms with Gasteiger partial charge in [-0.3, -0.25) is 4.90 Å². The van der Waals surface area contributed by atoms with Gasteiger partial charge in [0.2, 0.25) is 0 Å². The molecular weight excluding hydrogens is 220 g/mol. The maximum atomic E-state index is 5.75. The van der Waals surface area contributed by atoms with Gasteiger partial charge in [-0.15, -0.1) is 0 Å². The molecule has 1 atom stereocenters. The highest BCUT2D eigenvalue weighted by atomic mass is 15.2. The molecule has 0 heterocycles. The van der Waals surface area contributed by atoms with Gasteiger partial charge in [0.05, 0.1) is 0 Å².